The van der Waals surface area contributed by atoms with E-state index >= 15 is 0 Å². The van der Waals surface area contributed by atoms with Crippen LogP contribution in [0.25, 0.3) is 0 Å². The number of aromatic nitrogens is 4. The Labute approximate surface area is 147 Å². The molecule has 1 aliphatic rings. The summed E-state index contributed by atoms with van der Waals surface area (Å²) in [6.07, 6.45) is 5.34. The molecular formula is C17H25N7O. The van der Waals surface area contributed by atoms with Crippen LogP contribution in [0.5, 0.6) is 0 Å². The molecule has 0 unspecified atom stereocenters. The van der Waals surface area contributed by atoms with Gasteiger partial charge in [-0.05, 0) is 31.9 Å². The van der Waals surface area contributed by atoms with Crippen LogP contribution in [0.2, 0.25) is 0 Å². The first-order chi connectivity index (χ1) is 12.1. The highest BCUT2D eigenvalue weighted by molar-refractivity contribution is 5.74. The monoisotopic (exact) mass is 343 g/mol. The highest BCUT2D eigenvalue weighted by Gasteiger charge is 2.22. The van der Waals surface area contributed by atoms with Crippen LogP contribution in [0.1, 0.15) is 37.3 Å². The molecule has 1 atom stereocenters. The van der Waals surface area contributed by atoms with Gasteiger partial charge in [-0.25, -0.2) is 4.79 Å². The average Bonchev–Trinajstić information content (AvgIpc) is 3.04. The van der Waals surface area contributed by atoms with Crippen LogP contribution in [-0.2, 0) is 13.6 Å². The van der Waals surface area contributed by atoms with Gasteiger partial charge in [0.2, 0.25) is 0 Å². The Morgan fingerprint density at radius 3 is 2.80 bits per heavy atom. The first-order valence-electron chi connectivity index (χ1n) is 8.65. The third kappa shape index (κ3) is 4.76. The van der Waals surface area contributed by atoms with Gasteiger partial charge in [-0.15, -0.1) is 10.2 Å². The lowest BCUT2D eigenvalue weighted by molar-refractivity contribution is 0.184. The molecule has 1 saturated heterocycles. The van der Waals surface area contributed by atoms with Gasteiger partial charge in [-0.2, -0.15) is 0 Å². The number of urea groups is 1. The molecule has 2 N–H and O–H groups in total. The number of nitrogens with zero attached hydrogens (tertiary/aromatic N) is 5. The predicted molar refractivity (Wildman–Crippen MR) is 93.6 cm³/mol. The van der Waals surface area contributed by atoms with E-state index in [0.29, 0.717) is 0 Å². The van der Waals surface area contributed by atoms with Crippen LogP contribution < -0.4 is 10.6 Å². The maximum Gasteiger partial charge on any atom is 0.315 e. The van der Waals surface area contributed by atoms with Gasteiger partial charge in [0.15, 0.2) is 5.82 Å². The molecule has 0 aliphatic carbocycles. The van der Waals surface area contributed by atoms with E-state index in [-0.39, 0.29) is 18.1 Å². The van der Waals surface area contributed by atoms with E-state index in [9.17, 15) is 4.79 Å². The van der Waals surface area contributed by atoms with E-state index in [1.54, 1.807) is 10.9 Å². The summed E-state index contributed by atoms with van der Waals surface area (Å²) in [5.74, 6) is 0.736. The summed E-state index contributed by atoms with van der Waals surface area (Å²) in [6.45, 7) is 4.68. The van der Waals surface area contributed by atoms with Crippen LogP contribution in [0, 0.1) is 0 Å². The van der Waals surface area contributed by atoms with Gasteiger partial charge in [0.1, 0.15) is 6.33 Å². The van der Waals surface area contributed by atoms with Crippen molar-refractivity contribution in [1.82, 2.24) is 35.3 Å². The second-order valence-corrected chi connectivity index (χ2v) is 6.51. The highest BCUT2D eigenvalue weighted by Crippen LogP contribution is 2.13. The Bertz CT molecular complexity index is 679. The minimum Gasteiger partial charge on any atom is -0.335 e. The molecule has 0 aromatic carbocycles. The molecule has 2 aromatic rings. The summed E-state index contributed by atoms with van der Waals surface area (Å²) < 4.78 is 1.81. The Kier molecular flexibility index (Phi) is 5.60. The number of piperidine rings is 1. The summed E-state index contributed by atoms with van der Waals surface area (Å²) in [7, 11) is 1.86. The molecule has 0 spiro atoms. The van der Waals surface area contributed by atoms with Crippen molar-refractivity contribution in [2.45, 2.75) is 38.4 Å². The van der Waals surface area contributed by atoms with Crippen molar-refractivity contribution in [2.75, 3.05) is 13.1 Å². The van der Waals surface area contributed by atoms with Crippen LogP contribution in [-0.4, -0.2) is 49.8 Å². The maximum atomic E-state index is 12.2. The fourth-order valence-electron chi connectivity index (χ4n) is 3.13. The normalized spacial score (nSPS) is 17.2. The Balaban J connectivity index is 1.41. The zero-order valence-electron chi connectivity index (χ0n) is 14.7. The minimum atomic E-state index is -0.184. The number of hydrogen-bond donors (Lipinski definition) is 2. The molecular weight excluding hydrogens is 318 g/mol. The van der Waals surface area contributed by atoms with E-state index in [2.05, 4.69) is 30.7 Å². The summed E-state index contributed by atoms with van der Waals surface area (Å²) in [4.78, 5) is 18.9. The topological polar surface area (TPSA) is 88.0 Å². The SMILES string of the molecule is C[C@H](NC(=O)NC1CCN(Cc2ccccn2)CC1)c1nncn1C. The lowest BCUT2D eigenvalue weighted by Gasteiger charge is -2.32. The number of rotatable bonds is 5. The summed E-state index contributed by atoms with van der Waals surface area (Å²) in [5.41, 5.74) is 1.09. The molecule has 0 saturated carbocycles. The molecule has 2 aromatic heterocycles. The Hall–Kier alpha value is -2.48. The van der Waals surface area contributed by atoms with Gasteiger partial charge >= 0.3 is 6.03 Å². The van der Waals surface area contributed by atoms with Crippen LogP contribution in [0.15, 0.2) is 30.7 Å². The number of amides is 2. The van der Waals surface area contributed by atoms with Crippen LogP contribution in [0.3, 0.4) is 0 Å². The number of carbonyl (C=O) groups is 1. The Morgan fingerprint density at radius 1 is 1.36 bits per heavy atom. The predicted octanol–water partition coefficient (Wildman–Crippen LogP) is 1.23. The molecule has 25 heavy (non-hydrogen) atoms. The molecule has 1 fully saturated rings. The van der Waals surface area contributed by atoms with Crippen molar-refractivity contribution >= 4 is 6.03 Å². The van der Waals surface area contributed by atoms with Crippen molar-refractivity contribution in [3.8, 4) is 0 Å². The zero-order chi connectivity index (χ0) is 17.6. The smallest absolute Gasteiger partial charge is 0.315 e. The number of nitrogens with one attached hydrogen (secondary N) is 2. The van der Waals surface area contributed by atoms with Crippen molar-refractivity contribution in [1.29, 1.82) is 0 Å². The van der Waals surface area contributed by atoms with Gasteiger partial charge in [0.25, 0.3) is 0 Å². The van der Waals surface area contributed by atoms with Crippen molar-refractivity contribution < 1.29 is 4.79 Å². The molecule has 0 bridgehead atoms. The third-order valence-corrected chi connectivity index (χ3v) is 4.52. The van der Waals surface area contributed by atoms with E-state index < -0.39 is 0 Å². The van der Waals surface area contributed by atoms with Crippen molar-refractivity contribution in [2.24, 2.45) is 7.05 Å². The fourth-order valence-corrected chi connectivity index (χ4v) is 3.13. The van der Waals surface area contributed by atoms with Gasteiger partial charge in [0, 0.05) is 38.9 Å². The fraction of sp³-hybridized carbons (Fsp3) is 0.529. The van der Waals surface area contributed by atoms with Crippen molar-refractivity contribution in [3.05, 3.63) is 42.2 Å². The van der Waals surface area contributed by atoms with Crippen LogP contribution in [0.4, 0.5) is 4.79 Å². The second kappa shape index (κ2) is 8.06. The van der Waals surface area contributed by atoms with Gasteiger partial charge < -0.3 is 15.2 Å². The number of likely N-dealkylation sites (tertiary alicyclic amines) is 1. The number of pyridine rings is 1. The molecule has 0 radical (unpaired) electrons. The van der Waals surface area contributed by atoms with E-state index in [1.165, 1.54) is 0 Å². The molecule has 2 amide bonds. The zero-order valence-corrected chi connectivity index (χ0v) is 14.7. The standard InChI is InChI=1S/C17H25N7O/c1-13(16-22-19-12-23(16)2)20-17(25)21-14-6-9-24(10-7-14)11-15-5-3-4-8-18-15/h3-5,8,12-14H,6-7,9-11H2,1-2H3,(H2,20,21,25)/t13-/m0/s1. The second-order valence-electron chi connectivity index (χ2n) is 6.51. The minimum absolute atomic E-state index is 0.154. The summed E-state index contributed by atoms with van der Waals surface area (Å²) in [5, 5.41) is 13.9. The first kappa shape index (κ1) is 17.3. The molecule has 3 heterocycles. The number of aryl methyl sites for hydroxylation is 1. The Morgan fingerprint density at radius 2 is 2.16 bits per heavy atom. The molecule has 134 valence electrons. The van der Waals surface area contributed by atoms with Crippen molar-refractivity contribution in [3.63, 3.8) is 0 Å². The average molecular weight is 343 g/mol. The number of hydrogen-bond acceptors (Lipinski definition) is 5. The van der Waals surface area contributed by atoms with E-state index in [1.807, 2.05) is 38.4 Å². The van der Waals surface area contributed by atoms with E-state index in [0.717, 1.165) is 44.0 Å². The highest BCUT2D eigenvalue weighted by atomic mass is 16.2. The molecule has 1 aliphatic heterocycles. The third-order valence-electron chi connectivity index (χ3n) is 4.52. The van der Waals surface area contributed by atoms with Gasteiger partial charge in [-0.3, -0.25) is 9.88 Å². The van der Waals surface area contributed by atoms with Gasteiger partial charge in [0.05, 0.1) is 11.7 Å². The lowest BCUT2D eigenvalue weighted by Crippen LogP contribution is -2.48. The first-order valence-corrected chi connectivity index (χ1v) is 8.65. The number of carbonyl (C=O) groups excluding carboxylic acids is 1. The molecule has 8 heteroatoms. The summed E-state index contributed by atoms with van der Waals surface area (Å²) >= 11 is 0. The lowest BCUT2D eigenvalue weighted by atomic mass is 10.1. The van der Waals surface area contributed by atoms with Gasteiger partial charge in [-0.1, -0.05) is 6.07 Å². The molecule has 8 nitrogen and oxygen atoms in total. The largest absolute Gasteiger partial charge is 0.335 e. The van der Waals surface area contributed by atoms with E-state index in [4.69, 9.17) is 0 Å². The quantitative estimate of drug-likeness (QED) is 0.853. The summed E-state index contributed by atoms with van der Waals surface area (Å²) in [6, 6.07) is 5.85. The molecule has 3 rings (SSSR count). The van der Waals surface area contributed by atoms with Crippen LogP contribution >= 0.6 is 0 Å². The maximum absolute atomic E-state index is 12.2.